The largest absolute Gasteiger partial charge is 0.493 e. The molecule has 0 aromatic heterocycles. The highest BCUT2D eigenvalue weighted by Crippen LogP contribution is 2.29. The van der Waals surface area contributed by atoms with Crippen LogP contribution in [0.15, 0.2) is 42.5 Å². The summed E-state index contributed by atoms with van der Waals surface area (Å²) in [5.41, 5.74) is 6.73. The first kappa shape index (κ1) is 12.2. The average molecular weight is 247 g/mol. The molecule has 0 aliphatic carbocycles. The molecule has 2 rings (SSSR count). The zero-order valence-corrected chi connectivity index (χ0v) is 10.0. The minimum absolute atomic E-state index is 0.131. The van der Waals surface area contributed by atoms with Gasteiger partial charge in [-0.25, -0.2) is 4.39 Å². The monoisotopic (exact) mass is 247 g/mol. The van der Waals surface area contributed by atoms with Crippen molar-refractivity contribution in [3.05, 3.63) is 53.8 Å². The predicted molar refractivity (Wildman–Crippen MR) is 68.1 cm³/mol. The third kappa shape index (κ3) is 2.71. The van der Waals surface area contributed by atoms with Gasteiger partial charge >= 0.3 is 0 Å². The first-order chi connectivity index (χ1) is 8.70. The summed E-state index contributed by atoms with van der Waals surface area (Å²) in [6.07, 6.45) is 0. The third-order valence-electron chi connectivity index (χ3n) is 2.53. The number of methoxy groups -OCH3 is 1. The van der Waals surface area contributed by atoms with Crippen LogP contribution in [0.1, 0.15) is 5.56 Å². The number of halogens is 1. The summed E-state index contributed by atoms with van der Waals surface area (Å²) in [6.45, 7) is 0.131. The summed E-state index contributed by atoms with van der Waals surface area (Å²) in [5, 5.41) is 0. The number of nitrogens with two attached hydrogens (primary N) is 1. The maximum atomic E-state index is 13.4. The van der Waals surface area contributed by atoms with Crippen LogP contribution < -0.4 is 15.2 Å². The van der Waals surface area contributed by atoms with Crippen LogP contribution in [0.4, 0.5) is 10.1 Å². The Morgan fingerprint density at radius 1 is 1.11 bits per heavy atom. The van der Waals surface area contributed by atoms with E-state index in [1.165, 1.54) is 6.07 Å². The number of rotatable bonds is 4. The maximum absolute atomic E-state index is 13.4. The highest BCUT2D eigenvalue weighted by Gasteiger charge is 2.07. The molecule has 0 amide bonds. The predicted octanol–water partition coefficient (Wildman–Crippen LogP) is 3.00. The van der Waals surface area contributed by atoms with Crippen molar-refractivity contribution in [2.45, 2.75) is 6.61 Å². The first-order valence-corrected chi connectivity index (χ1v) is 5.50. The topological polar surface area (TPSA) is 44.5 Å². The van der Waals surface area contributed by atoms with Crippen LogP contribution in [0.2, 0.25) is 0 Å². The van der Waals surface area contributed by atoms with Gasteiger partial charge < -0.3 is 15.2 Å². The Bertz CT molecular complexity index is 543. The molecule has 0 fully saturated rings. The molecule has 0 aliphatic rings. The van der Waals surface area contributed by atoms with Gasteiger partial charge in [-0.05, 0) is 18.2 Å². The van der Waals surface area contributed by atoms with E-state index in [1.54, 1.807) is 43.5 Å². The SMILES string of the molecule is COc1ccc(N)cc1OCc1ccccc1F. The van der Waals surface area contributed by atoms with Crippen molar-refractivity contribution in [1.82, 2.24) is 0 Å². The molecule has 2 aromatic carbocycles. The number of anilines is 1. The molecule has 4 heteroatoms. The van der Waals surface area contributed by atoms with Crippen LogP contribution in [-0.4, -0.2) is 7.11 Å². The average Bonchev–Trinajstić information content (AvgIpc) is 2.38. The molecule has 2 aromatic rings. The van der Waals surface area contributed by atoms with Gasteiger partial charge in [0.15, 0.2) is 11.5 Å². The minimum Gasteiger partial charge on any atom is -0.493 e. The van der Waals surface area contributed by atoms with E-state index in [-0.39, 0.29) is 12.4 Å². The van der Waals surface area contributed by atoms with E-state index >= 15 is 0 Å². The number of ether oxygens (including phenoxy) is 2. The molecule has 0 aliphatic heterocycles. The van der Waals surface area contributed by atoms with Crippen molar-refractivity contribution in [1.29, 1.82) is 0 Å². The van der Waals surface area contributed by atoms with Gasteiger partial charge in [-0.2, -0.15) is 0 Å². The maximum Gasteiger partial charge on any atom is 0.163 e. The number of nitrogen functional groups attached to an aromatic ring is 1. The van der Waals surface area contributed by atoms with E-state index in [1.807, 2.05) is 0 Å². The fourth-order valence-corrected chi connectivity index (χ4v) is 1.58. The van der Waals surface area contributed by atoms with Crippen LogP contribution in [0.5, 0.6) is 11.5 Å². The molecule has 3 nitrogen and oxygen atoms in total. The Hall–Kier alpha value is -2.23. The van der Waals surface area contributed by atoms with Crippen molar-refractivity contribution in [2.24, 2.45) is 0 Å². The van der Waals surface area contributed by atoms with Crippen molar-refractivity contribution >= 4 is 5.69 Å². The van der Waals surface area contributed by atoms with Crippen LogP contribution in [0.25, 0.3) is 0 Å². The molecule has 0 radical (unpaired) electrons. The van der Waals surface area contributed by atoms with E-state index < -0.39 is 0 Å². The second-order valence-corrected chi connectivity index (χ2v) is 3.79. The van der Waals surface area contributed by atoms with Crippen LogP contribution >= 0.6 is 0 Å². The quantitative estimate of drug-likeness (QED) is 0.845. The lowest BCUT2D eigenvalue weighted by atomic mass is 10.2. The summed E-state index contributed by atoms with van der Waals surface area (Å²) in [4.78, 5) is 0. The number of hydrogen-bond acceptors (Lipinski definition) is 3. The van der Waals surface area contributed by atoms with Gasteiger partial charge in [-0.15, -0.1) is 0 Å². The van der Waals surface area contributed by atoms with Crippen molar-refractivity contribution in [3.8, 4) is 11.5 Å². The molecule has 0 saturated heterocycles. The highest BCUT2D eigenvalue weighted by atomic mass is 19.1. The summed E-state index contributed by atoms with van der Waals surface area (Å²) >= 11 is 0. The fourth-order valence-electron chi connectivity index (χ4n) is 1.58. The van der Waals surface area contributed by atoms with E-state index in [2.05, 4.69) is 0 Å². The fraction of sp³-hybridized carbons (Fsp3) is 0.143. The zero-order valence-electron chi connectivity index (χ0n) is 10.0. The summed E-state index contributed by atoms with van der Waals surface area (Å²) in [5.74, 6) is 0.779. The normalized spacial score (nSPS) is 10.1. The van der Waals surface area contributed by atoms with E-state index in [9.17, 15) is 4.39 Å². The standard InChI is InChI=1S/C14H14FNO2/c1-17-13-7-6-11(16)8-14(13)18-9-10-4-2-3-5-12(10)15/h2-8H,9,16H2,1H3. The lowest BCUT2D eigenvalue weighted by molar-refractivity contribution is 0.280. The molecular formula is C14H14FNO2. The van der Waals surface area contributed by atoms with Crippen LogP contribution in [0.3, 0.4) is 0 Å². The van der Waals surface area contributed by atoms with Crippen molar-refractivity contribution < 1.29 is 13.9 Å². The van der Waals surface area contributed by atoms with Gasteiger partial charge in [0.1, 0.15) is 12.4 Å². The Kier molecular flexibility index (Phi) is 3.67. The Morgan fingerprint density at radius 3 is 2.61 bits per heavy atom. The van der Waals surface area contributed by atoms with Gasteiger partial charge in [-0.1, -0.05) is 18.2 Å². The van der Waals surface area contributed by atoms with Gasteiger partial charge in [0.25, 0.3) is 0 Å². The Morgan fingerprint density at radius 2 is 1.89 bits per heavy atom. The first-order valence-electron chi connectivity index (χ1n) is 5.50. The minimum atomic E-state index is -0.291. The Balaban J connectivity index is 2.15. The summed E-state index contributed by atoms with van der Waals surface area (Å²) in [6, 6.07) is 11.6. The molecule has 2 N–H and O–H groups in total. The lowest BCUT2D eigenvalue weighted by Gasteiger charge is -2.11. The molecule has 0 unspecified atom stereocenters. The van der Waals surface area contributed by atoms with Gasteiger partial charge in [-0.3, -0.25) is 0 Å². The number of benzene rings is 2. The second kappa shape index (κ2) is 5.40. The second-order valence-electron chi connectivity index (χ2n) is 3.79. The van der Waals surface area contributed by atoms with E-state index in [0.29, 0.717) is 22.7 Å². The third-order valence-corrected chi connectivity index (χ3v) is 2.53. The highest BCUT2D eigenvalue weighted by molar-refractivity contribution is 5.51. The van der Waals surface area contributed by atoms with Gasteiger partial charge in [0, 0.05) is 17.3 Å². The van der Waals surface area contributed by atoms with E-state index in [0.717, 1.165) is 0 Å². The van der Waals surface area contributed by atoms with Crippen molar-refractivity contribution in [2.75, 3.05) is 12.8 Å². The molecule has 0 spiro atoms. The molecule has 18 heavy (non-hydrogen) atoms. The zero-order chi connectivity index (χ0) is 13.0. The molecule has 0 heterocycles. The van der Waals surface area contributed by atoms with Crippen LogP contribution in [-0.2, 0) is 6.61 Å². The summed E-state index contributed by atoms with van der Waals surface area (Å²) < 4.78 is 24.1. The lowest BCUT2D eigenvalue weighted by Crippen LogP contribution is -2.00. The summed E-state index contributed by atoms with van der Waals surface area (Å²) in [7, 11) is 1.54. The molecule has 94 valence electrons. The number of hydrogen-bond donors (Lipinski definition) is 1. The molecule has 0 bridgehead atoms. The smallest absolute Gasteiger partial charge is 0.163 e. The van der Waals surface area contributed by atoms with Gasteiger partial charge in [0.05, 0.1) is 7.11 Å². The van der Waals surface area contributed by atoms with Gasteiger partial charge in [0.2, 0.25) is 0 Å². The van der Waals surface area contributed by atoms with E-state index in [4.69, 9.17) is 15.2 Å². The van der Waals surface area contributed by atoms with Crippen LogP contribution in [0, 0.1) is 5.82 Å². The Labute approximate surface area is 105 Å². The molecule has 0 saturated carbocycles. The molecular weight excluding hydrogens is 233 g/mol. The molecule has 0 atom stereocenters. The van der Waals surface area contributed by atoms with Crippen molar-refractivity contribution in [3.63, 3.8) is 0 Å².